The number of para-hydroxylation sites is 3. The molecule has 0 atom stereocenters. The van der Waals surface area contributed by atoms with Crippen molar-refractivity contribution in [1.29, 1.82) is 0 Å². The summed E-state index contributed by atoms with van der Waals surface area (Å²) < 4.78 is 7.99. The standard InChI is InChI=1S/C22H24ClN3O2/c1-2-22(27)24-14-13-21-25-18-10-4-5-11-19(18)26(21)15-7-8-16-28-20-12-6-3-9-17(20)23/h2-6,9-12H,1,7-8,13-16H2,(H,24,27). The summed E-state index contributed by atoms with van der Waals surface area (Å²) in [6.45, 7) is 5.46. The average molecular weight is 398 g/mol. The maximum atomic E-state index is 11.4. The van der Waals surface area contributed by atoms with Crippen LogP contribution >= 0.6 is 11.6 Å². The van der Waals surface area contributed by atoms with Crippen LogP contribution in [0.1, 0.15) is 18.7 Å². The number of carbonyl (C=O) groups is 1. The zero-order chi connectivity index (χ0) is 19.8. The maximum Gasteiger partial charge on any atom is 0.243 e. The van der Waals surface area contributed by atoms with Gasteiger partial charge in [-0.05, 0) is 43.2 Å². The Balaban J connectivity index is 1.58. The fraction of sp³-hybridized carbons (Fsp3) is 0.273. The molecule has 0 aliphatic heterocycles. The van der Waals surface area contributed by atoms with Gasteiger partial charge in [0, 0.05) is 19.5 Å². The highest BCUT2D eigenvalue weighted by molar-refractivity contribution is 6.32. The highest BCUT2D eigenvalue weighted by Crippen LogP contribution is 2.23. The van der Waals surface area contributed by atoms with Crippen molar-refractivity contribution in [3.05, 3.63) is 72.0 Å². The zero-order valence-electron chi connectivity index (χ0n) is 15.7. The van der Waals surface area contributed by atoms with Crippen LogP contribution in [0.25, 0.3) is 11.0 Å². The van der Waals surface area contributed by atoms with Gasteiger partial charge >= 0.3 is 0 Å². The van der Waals surface area contributed by atoms with Crippen LogP contribution < -0.4 is 10.1 Å². The molecule has 0 spiro atoms. The van der Waals surface area contributed by atoms with Crippen LogP contribution in [-0.2, 0) is 17.8 Å². The number of halogens is 1. The molecule has 1 aromatic heterocycles. The van der Waals surface area contributed by atoms with Gasteiger partial charge in [-0.25, -0.2) is 4.98 Å². The second-order valence-electron chi connectivity index (χ2n) is 6.40. The van der Waals surface area contributed by atoms with E-state index in [9.17, 15) is 4.79 Å². The topological polar surface area (TPSA) is 56.2 Å². The van der Waals surface area contributed by atoms with Gasteiger partial charge in [0.1, 0.15) is 11.6 Å². The molecule has 6 heteroatoms. The van der Waals surface area contributed by atoms with Gasteiger partial charge < -0.3 is 14.6 Å². The van der Waals surface area contributed by atoms with Crippen LogP contribution in [0.2, 0.25) is 5.02 Å². The van der Waals surface area contributed by atoms with Gasteiger partial charge in [0.2, 0.25) is 5.91 Å². The Morgan fingerprint density at radius 3 is 2.79 bits per heavy atom. The Labute approximate surface area is 170 Å². The van der Waals surface area contributed by atoms with Crippen molar-refractivity contribution in [3.63, 3.8) is 0 Å². The first-order valence-corrected chi connectivity index (χ1v) is 9.78. The number of imidazole rings is 1. The number of benzene rings is 2. The molecule has 0 unspecified atom stereocenters. The lowest BCUT2D eigenvalue weighted by molar-refractivity contribution is -0.116. The molecule has 0 fully saturated rings. The molecule has 2 aromatic carbocycles. The predicted octanol–water partition coefficient (Wildman–Crippen LogP) is 4.39. The molecule has 0 aliphatic carbocycles. The maximum absolute atomic E-state index is 11.4. The monoisotopic (exact) mass is 397 g/mol. The number of fused-ring (bicyclic) bond motifs is 1. The van der Waals surface area contributed by atoms with Gasteiger partial charge in [-0.2, -0.15) is 0 Å². The summed E-state index contributed by atoms with van der Waals surface area (Å²) in [5.74, 6) is 1.52. The molecule has 5 nitrogen and oxygen atoms in total. The molecule has 146 valence electrons. The summed E-state index contributed by atoms with van der Waals surface area (Å²) in [5, 5.41) is 3.44. The second-order valence-corrected chi connectivity index (χ2v) is 6.81. The number of nitrogens with zero attached hydrogens (tertiary/aromatic N) is 2. The second kappa shape index (κ2) is 9.95. The van der Waals surface area contributed by atoms with Crippen LogP contribution in [0.4, 0.5) is 0 Å². The Morgan fingerprint density at radius 1 is 1.18 bits per heavy atom. The molecular formula is C22H24ClN3O2. The van der Waals surface area contributed by atoms with E-state index in [1.165, 1.54) is 6.08 Å². The van der Waals surface area contributed by atoms with E-state index in [-0.39, 0.29) is 5.91 Å². The van der Waals surface area contributed by atoms with Crippen molar-refractivity contribution in [2.45, 2.75) is 25.8 Å². The van der Waals surface area contributed by atoms with E-state index in [0.717, 1.165) is 42.0 Å². The molecule has 3 rings (SSSR count). The molecule has 0 saturated heterocycles. The number of amides is 1. The van der Waals surface area contributed by atoms with E-state index in [1.807, 2.05) is 42.5 Å². The molecule has 0 radical (unpaired) electrons. The molecule has 3 aromatic rings. The lowest BCUT2D eigenvalue weighted by Crippen LogP contribution is -2.24. The minimum Gasteiger partial charge on any atom is -0.492 e. The third kappa shape index (κ3) is 5.14. The van der Waals surface area contributed by atoms with Crippen LogP contribution in [0.3, 0.4) is 0 Å². The average Bonchev–Trinajstić information content (AvgIpc) is 3.06. The molecule has 0 bridgehead atoms. The first-order valence-electron chi connectivity index (χ1n) is 9.41. The van der Waals surface area contributed by atoms with Crippen molar-refractivity contribution in [2.24, 2.45) is 0 Å². The minimum atomic E-state index is -0.167. The zero-order valence-corrected chi connectivity index (χ0v) is 16.5. The third-order valence-corrected chi connectivity index (χ3v) is 4.75. The molecule has 0 saturated carbocycles. The summed E-state index contributed by atoms with van der Waals surface area (Å²) >= 11 is 6.11. The number of aryl methyl sites for hydroxylation is 1. The predicted molar refractivity (Wildman–Crippen MR) is 113 cm³/mol. The van der Waals surface area contributed by atoms with Crippen LogP contribution in [0.15, 0.2) is 61.2 Å². The summed E-state index contributed by atoms with van der Waals surface area (Å²) in [4.78, 5) is 16.1. The van der Waals surface area contributed by atoms with Gasteiger partial charge in [0.05, 0.1) is 22.7 Å². The molecule has 28 heavy (non-hydrogen) atoms. The number of nitrogens with one attached hydrogen (secondary N) is 1. The lowest BCUT2D eigenvalue weighted by Gasteiger charge is -2.11. The van der Waals surface area contributed by atoms with E-state index < -0.39 is 0 Å². The van der Waals surface area contributed by atoms with E-state index in [1.54, 1.807) is 0 Å². The highest BCUT2D eigenvalue weighted by Gasteiger charge is 2.10. The molecule has 1 heterocycles. The van der Waals surface area contributed by atoms with Gasteiger partial charge in [0.25, 0.3) is 0 Å². The van der Waals surface area contributed by atoms with Crippen molar-refractivity contribution < 1.29 is 9.53 Å². The number of aromatic nitrogens is 2. The van der Waals surface area contributed by atoms with E-state index in [4.69, 9.17) is 21.3 Å². The van der Waals surface area contributed by atoms with Crippen molar-refractivity contribution in [2.75, 3.05) is 13.2 Å². The third-order valence-electron chi connectivity index (χ3n) is 4.44. The van der Waals surface area contributed by atoms with Crippen molar-refractivity contribution >= 4 is 28.5 Å². The van der Waals surface area contributed by atoms with Crippen molar-refractivity contribution in [1.82, 2.24) is 14.9 Å². The normalized spacial score (nSPS) is 10.8. The molecule has 1 amide bonds. The first kappa shape index (κ1) is 20.0. The number of rotatable bonds is 10. The smallest absolute Gasteiger partial charge is 0.243 e. The number of unbranched alkanes of at least 4 members (excludes halogenated alkanes) is 1. The Bertz CT molecular complexity index is 952. The number of ether oxygens (including phenoxy) is 1. The fourth-order valence-electron chi connectivity index (χ4n) is 3.05. The Hall–Kier alpha value is -2.79. The van der Waals surface area contributed by atoms with Gasteiger partial charge in [-0.3, -0.25) is 4.79 Å². The number of hydrogen-bond donors (Lipinski definition) is 1. The summed E-state index contributed by atoms with van der Waals surface area (Å²) in [6.07, 6.45) is 3.81. The van der Waals surface area contributed by atoms with Gasteiger partial charge in [-0.15, -0.1) is 0 Å². The quantitative estimate of drug-likeness (QED) is 0.407. The van der Waals surface area contributed by atoms with E-state index in [2.05, 4.69) is 22.5 Å². The summed E-state index contributed by atoms with van der Waals surface area (Å²) in [5.41, 5.74) is 2.08. The van der Waals surface area contributed by atoms with Crippen LogP contribution in [0.5, 0.6) is 5.75 Å². The molecular weight excluding hydrogens is 374 g/mol. The lowest BCUT2D eigenvalue weighted by atomic mass is 10.3. The summed E-state index contributed by atoms with van der Waals surface area (Å²) in [7, 11) is 0. The largest absolute Gasteiger partial charge is 0.492 e. The van der Waals surface area contributed by atoms with Gasteiger partial charge in [0.15, 0.2) is 0 Å². The molecule has 1 N–H and O–H groups in total. The summed E-state index contributed by atoms with van der Waals surface area (Å²) in [6, 6.07) is 15.6. The molecule has 0 aliphatic rings. The number of carbonyl (C=O) groups excluding carboxylic acids is 1. The minimum absolute atomic E-state index is 0.167. The van der Waals surface area contributed by atoms with E-state index >= 15 is 0 Å². The highest BCUT2D eigenvalue weighted by atomic mass is 35.5. The first-order chi connectivity index (χ1) is 13.7. The van der Waals surface area contributed by atoms with Crippen molar-refractivity contribution in [3.8, 4) is 5.75 Å². The van der Waals surface area contributed by atoms with E-state index in [0.29, 0.717) is 24.6 Å². The van der Waals surface area contributed by atoms with Crippen LogP contribution in [0, 0.1) is 0 Å². The Morgan fingerprint density at radius 2 is 1.96 bits per heavy atom. The van der Waals surface area contributed by atoms with Gasteiger partial charge in [-0.1, -0.05) is 42.4 Å². The number of hydrogen-bond acceptors (Lipinski definition) is 3. The SMILES string of the molecule is C=CC(=O)NCCc1nc2ccccc2n1CCCCOc1ccccc1Cl. The Kier molecular flexibility index (Phi) is 7.09. The van der Waals surface area contributed by atoms with Crippen LogP contribution in [-0.4, -0.2) is 28.6 Å². The fourth-order valence-corrected chi connectivity index (χ4v) is 3.24.